The molecule has 0 saturated carbocycles. The molecule has 1 fully saturated rings. The molecule has 1 aliphatic heterocycles. The lowest BCUT2D eigenvalue weighted by Crippen LogP contribution is -2.28. The van der Waals surface area contributed by atoms with Gasteiger partial charge in [0.05, 0.1) is 24.5 Å². The Morgan fingerprint density at radius 3 is 2.94 bits per heavy atom. The maximum atomic E-state index is 11.6. The number of ether oxygens (including phenoxy) is 1. The monoisotopic (exact) mass is 238 g/mol. The van der Waals surface area contributed by atoms with Gasteiger partial charge in [-0.2, -0.15) is 5.10 Å². The molecule has 2 rings (SSSR count). The van der Waals surface area contributed by atoms with Crippen molar-refractivity contribution in [3.05, 3.63) is 17.5 Å². The number of amides is 1. The zero-order chi connectivity index (χ0) is 12.4. The molecule has 1 atom stereocenters. The second-order valence-electron chi connectivity index (χ2n) is 4.23. The summed E-state index contributed by atoms with van der Waals surface area (Å²) in [6, 6.07) is 2.02. The Balaban J connectivity index is 2.05. The zero-order valence-corrected chi connectivity index (χ0v) is 10.2. The van der Waals surface area contributed by atoms with Gasteiger partial charge in [0.2, 0.25) is 0 Å². The largest absolute Gasteiger partial charge is 0.443 e. The fourth-order valence-electron chi connectivity index (χ4n) is 1.91. The van der Waals surface area contributed by atoms with E-state index in [-0.39, 0.29) is 12.2 Å². The summed E-state index contributed by atoms with van der Waals surface area (Å²) in [6.45, 7) is 3.51. The Morgan fingerprint density at radius 1 is 1.65 bits per heavy atom. The van der Waals surface area contributed by atoms with Crippen LogP contribution in [0.5, 0.6) is 0 Å². The van der Waals surface area contributed by atoms with Crippen molar-refractivity contribution in [1.82, 2.24) is 14.7 Å². The minimum absolute atomic E-state index is 0.179. The van der Waals surface area contributed by atoms with Crippen molar-refractivity contribution in [1.29, 1.82) is 0 Å². The van der Waals surface area contributed by atoms with Crippen LogP contribution in [0.15, 0.2) is 6.07 Å². The molecule has 1 aromatic heterocycles. The summed E-state index contributed by atoms with van der Waals surface area (Å²) in [7, 11) is 1.89. The van der Waals surface area contributed by atoms with Gasteiger partial charge in [0.15, 0.2) is 0 Å². The van der Waals surface area contributed by atoms with Gasteiger partial charge in [-0.1, -0.05) is 6.92 Å². The summed E-state index contributed by atoms with van der Waals surface area (Å²) in [5, 5.41) is 4.35. The van der Waals surface area contributed by atoms with Gasteiger partial charge < -0.3 is 10.5 Å². The minimum atomic E-state index is -0.292. The van der Waals surface area contributed by atoms with Gasteiger partial charge in [0.25, 0.3) is 0 Å². The van der Waals surface area contributed by atoms with E-state index in [0.29, 0.717) is 19.6 Å². The first-order valence-electron chi connectivity index (χ1n) is 5.81. The maximum Gasteiger partial charge on any atom is 0.410 e. The first kappa shape index (κ1) is 11.9. The third-order valence-corrected chi connectivity index (χ3v) is 2.96. The van der Waals surface area contributed by atoms with Crippen molar-refractivity contribution < 1.29 is 9.53 Å². The lowest BCUT2D eigenvalue weighted by molar-refractivity contribution is 0.134. The quantitative estimate of drug-likeness (QED) is 0.816. The number of hydrogen-bond acceptors (Lipinski definition) is 4. The fourth-order valence-corrected chi connectivity index (χ4v) is 1.91. The van der Waals surface area contributed by atoms with E-state index in [1.165, 1.54) is 0 Å². The van der Waals surface area contributed by atoms with Gasteiger partial charge in [-0.05, 0) is 12.5 Å². The van der Waals surface area contributed by atoms with Gasteiger partial charge in [0, 0.05) is 13.6 Å². The van der Waals surface area contributed by atoms with Crippen molar-refractivity contribution in [3.8, 4) is 0 Å². The maximum absolute atomic E-state index is 11.6. The highest BCUT2D eigenvalue weighted by atomic mass is 16.6. The van der Waals surface area contributed by atoms with Crippen LogP contribution in [0.1, 0.15) is 18.3 Å². The van der Waals surface area contributed by atoms with Crippen molar-refractivity contribution in [2.24, 2.45) is 12.8 Å². The molecule has 1 aliphatic rings. The average Bonchev–Trinajstić information content (AvgIpc) is 2.84. The fraction of sp³-hybridized carbons (Fsp3) is 0.636. The van der Waals surface area contributed by atoms with E-state index < -0.39 is 0 Å². The number of cyclic esters (lactones) is 1. The predicted octanol–water partition coefficient (Wildman–Crippen LogP) is 0.262. The third-order valence-electron chi connectivity index (χ3n) is 2.96. The SMILES string of the molecule is CCc1cc(CN2CC(CN)OC2=O)n(C)n1. The van der Waals surface area contributed by atoms with Crippen molar-refractivity contribution in [2.75, 3.05) is 13.1 Å². The molecule has 1 amide bonds. The standard InChI is InChI=1S/C11H18N4O2/c1-3-8-4-9(14(2)13-8)6-15-7-10(5-12)17-11(15)16/h4,10H,3,5-7,12H2,1-2H3. The number of carbonyl (C=O) groups excluding carboxylic acids is 1. The molecule has 0 radical (unpaired) electrons. The molecule has 2 N–H and O–H groups in total. The highest BCUT2D eigenvalue weighted by Gasteiger charge is 2.30. The van der Waals surface area contributed by atoms with Crippen molar-refractivity contribution in [3.63, 3.8) is 0 Å². The van der Waals surface area contributed by atoms with Gasteiger partial charge in [-0.15, -0.1) is 0 Å². The topological polar surface area (TPSA) is 73.4 Å². The van der Waals surface area contributed by atoms with Crippen LogP contribution in [0.2, 0.25) is 0 Å². The molecule has 0 spiro atoms. The second kappa shape index (κ2) is 4.75. The Hall–Kier alpha value is -1.56. The van der Waals surface area contributed by atoms with E-state index in [0.717, 1.165) is 17.8 Å². The molecule has 2 heterocycles. The van der Waals surface area contributed by atoms with Crippen LogP contribution in [0, 0.1) is 0 Å². The smallest absolute Gasteiger partial charge is 0.410 e. The first-order valence-corrected chi connectivity index (χ1v) is 5.81. The van der Waals surface area contributed by atoms with E-state index in [1.54, 1.807) is 4.90 Å². The van der Waals surface area contributed by atoms with Crippen LogP contribution in [0.25, 0.3) is 0 Å². The van der Waals surface area contributed by atoms with E-state index >= 15 is 0 Å². The molecule has 0 bridgehead atoms. The summed E-state index contributed by atoms with van der Waals surface area (Å²) in [5.74, 6) is 0. The lowest BCUT2D eigenvalue weighted by Gasteiger charge is -2.12. The molecule has 1 unspecified atom stereocenters. The molecule has 6 heteroatoms. The Kier molecular flexibility index (Phi) is 3.33. The number of hydrogen-bond donors (Lipinski definition) is 1. The van der Waals surface area contributed by atoms with Crippen molar-refractivity contribution in [2.45, 2.75) is 26.0 Å². The highest BCUT2D eigenvalue weighted by Crippen LogP contribution is 2.15. The molecule has 6 nitrogen and oxygen atoms in total. The minimum Gasteiger partial charge on any atom is -0.443 e. The van der Waals surface area contributed by atoms with Crippen molar-refractivity contribution >= 4 is 6.09 Å². The molecule has 17 heavy (non-hydrogen) atoms. The van der Waals surface area contributed by atoms with Gasteiger partial charge in [-0.25, -0.2) is 4.79 Å². The summed E-state index contributed by atoms with van der Waals surface area (Å²) in [4.78, 5) is 13.2. The molecule has 0 aliphatic carbocycles. The molecular weight excluding hydrogens is 220 g/mol. The highest BCUT2D eigenvalue weighted by molar-refractivity contribution is 5.69. The number of carbonyl (C=O) groups is 1. The number of aromatic nitrogens is 2. The molecule has 94 valence electrons. The van der Waals surface area contributed by atoms with E-state index in [1.807, 2.05) is 17.8 Å². The lowest BCUT2D eigenvalue weighted by atomic mass is 10.3. The van der Waals surface area contributed by atoms with Crippen LogP contribution < -0.4 is 5.73 Å². The second-order valence-corrected chi connectivity index (χ2v) is 4.23. The summed E-state index contributed by atoms with van der Waals surface area (Å²) in [5.41, 5.74) is 7.53. The zero-order valence-electron chi connectivity index (χ0n) is 10.2. The summed E-state index contributed by atoms with van der Waals surface area (Å²) < 4.78 is 6.91. The van der Waals surface area contributed by atoms with Crippen LogP contribution >= 0.6 is 0 Å². The van der Waals surface area contributed by atoms with E-state index in [9.17, 15) is 4.79 Å². The average molecular weight is 238 g/mol. The van der Waals surface area contributed by atoms with Crippen LogP contribution in [-0.2, 0) is 24.8 Å². The van der Waals surface area contributed by atoms with Gasteiger partial charge in [0.1, 0.15) is 6.10 Å². The molecule has 1 saturated heterocycles. The Labute approximate surface area is 100 Å². The Bertz CT molecular complexity index is 416. The Morgan fingerprint density at radius 2 is 2.41 bits per heavy atom. The number of aryl methyl sites for hydroxylation is 2. The van der Waals surface area contributed by atoms with E-state index in [4.69, 9.17) is 10.5 Å². The van der Waals surface area contributed by atoms with Gasteiger partial charge in [-0.3, -0.25) is 9.58 Å². The molecule has 1 aromatic rings. The van der Waals surface area contributed by atoms with Gasteiger partial charge >= 0.3 is 6.09 Å². The number of rotatable bonds is 4. The number of nitrogens with two attached hydrogens (primary N) is 1. The molecule has 0 aromatic carbocycles. The normalized spacial score (nSPS) is 19.8. The predicted molar refractivity (Wildman–Crippen MR) is 62.3 cm³/mol. The third kappa shape index (κ3) is 2.41. The molecular formula is C11H18N4O2. The van der Waals surface area contributed by atoms with Crippen LogP contribution in [-0.4, -0.2) is 40.0 Å². The van der Waals surface area contributed by atoms with Crippen LogP contribution in [0.3, 0.4) is 0 Å². The number of nitrogens with zero attached hydrogens (tertiary/aromatic N) is 3. The summed E-state index contributed by atoms with van der Waals surface area (Å²) in [6.07, 6.45) is 0.421. The summed E-state index contributed by atoms with van der Waals surface area (Å²) >= 11 is 0. The van der Waals surface area contributed by atoms with Crippen LogP contribution in [0.4, 0.5) is 4.79 Å². The first-order chi connectivity index (χ1) is 8.13. The van der Waals surface area contributed by atoms with E-state index in [2.05, 4.69) is 12.0 Å².